The Morgan fingerprint density at radius 2 is 1.85 bits per heavy atom. The zero-order valence-corrected chi connectivity index (χ0v) is 15.6. The largest absolute Gasteiger partial charge is 0.370 e. The van der Waals surface area contributed by atoms with Crippen LogP contribution in [0.1, 0.15) is 39.9 Å². The highest BCUT2D eigenvalue weighted by Gasteiger charge is 2.23. The number of rotatable bonds is 4. The van der Waals surface area contributed by atoms with Gasteiger partial charge < -0.3 is 16.0 Å². The first-order chi connectivity index (χ1) is 13.2. The third-order valence-electron chi connectivity index (χ3n) is 5.50. The lowest BCUT2D eigenvalue weighted by Crippen LogP contribution is -2.39. The SMILES string of the molecule is NC(=NCCN1CCc2ccccc2C1=O)Nc1cccc2c1CCCC2. The maximum absolute atomic E-state index is 12.6. The lowest BCUT2D eigenvalue weighted by atomic mass is 9.90. The van der Waals surface area contributed by atoms with Crippen LogP contribution in [0.3, 0.4) is 0 Å². The van der Waals surface area contributed by atoms with Gasteiger partial charge in [-0.2, -0.15) is 0 Å². The van der Waals surface area contributed by atoms with E-state index >= 15 is 0 Å². The van der Waals surface area contributed by atoms with Crippen molar-refractivity contribution in [3.05, 3.63) is 64.7 Å². The van der Waals surface area contributed by atoms with E-state index in [-0.39, 0.29) is 5.91 Å². The van der Waals surface area contributed by atoms with Gasteiger partial charge in [-0.25, -0.2) is 0 Å². The van der Waals surface area contributed by atoms with Gasteiger partial charge in [-0.15, -0.1) is 0 Å². The van der Waals surface area contributed by atoms with Crippen LogP contribution in [0.25, 0.3) is 0 Å². The Kier molecular flexibility index (Phi) is 5.10. The van der Waals surface area contributed by atoms with E-state index in [0.29, 0.717) is 19.0 Å². The van der Waals surface area contributed by atoms with Crippen LogP contribution in [0.5, 0.6) is 0 Å². The molecule has 1 heterocycles. The molecule has 2 aromatic rings. The molecule has 2 aliphatic rings. The highest BCUT2D eigenvalue weighted by molar-refractivity contribution is 5.97. The predicted octanol–water partition coefficient (Wildman–Crippen LogP) is 2.99. The molecule has 1 aliphatic carbocycles. The molecule has 0 atom stereocenters. The van der Waals surface area contributed by atoms with Crippen LogP contribution in [0.2, 0.25) is 0 Å². The fourth-order valence-corrected chi connectivity index (χ4v) is 4.05. The molecule has 0 bridgehead atoms. The molecule has 140 valence electrons. The van der Waals surface area contributed by atoms with Crippen LogP contribution in [0, 0.1) is 0 Å². The first-order valence-electron chi connectivity index (χ1n) is 9.77. The molecule has 0 spiro atoms. The molecule has 0 saturated heterocycles. The van der Waals surface area contributed by atoms with E-state index in [0.717, 1.165) is 42.6 Å². The number of carbonyl (C=O) groups excluding carboxylic acids is 1. The smallest absolute Gasteiger partial charge is 0.254 e. The first-order valence-corrected chi connectivity index (χ1v) is 9.77. The second-order valence-corrected chi connectivity index (χ2v) is 7.24. The number of aryl methyl sites for hydroxylation is 1. The van der Waals surface area contributed by atoms with Crippen molar-refractivity contribution in [3.63, 3.8) is 0 Å². The Morgan fingerprint density at radius 1 is 1.04 bits per heavy atom. The topological polar surface area (TPSA) is 70.7 Å². The summed E-state index contributed by atoms with van der Waals surface area (Å²) < 4.78 is 0. The number of aliphatic imine (C=N–C) groups is 1. The lowest BCUT2D eigenvalue weighted by Gasteiger charge is -2.28. The van der Waals surface area contributed by atoms with Crippen molar-refractivity contribution >= 4 is 17.6 Å². The highest BCUT2D eigenvalue weighted by atomic mass is 16.2. The van der Waals surface area contributed by atoms with E-state index in [1.807, 2.05) is 29.2 Å². The summed E-state index contributed by atoms with van der Waals surface area (Å²) in [6.45, 7) is 1.83. The van der Waals surface area contributed by atoms with Gasteiger partial charge in [-0.05, 0) is 60.9 Å². The minimum Gasteiger partial charge on any atom is -0.370 e. The number of nitrogens with one attached hydrogen (secondary N) is 1. The van der Waals surface area contributed by atoms with Crippen LogP contribution in [0.4, 0.5) is 5.69 Å². The number of carbonyl (C=O) groups is 1. The molecule has 0 saturated carbocycles. The molecule has 5 nitrogen and oxygen atoms in total. The van der Waals surface area contributed by atoms with Crippen LogP contribution in [-0.2, 0) is 19.3 Å². The summed E-state index contributed by atoms with van der Waals surface area (Å²) in [4.78, 5) is 18.9. The molecule has 27 heavy (non-hydrogen) atoms. The molecule has 0 aromatic heterocycles. The number of nitrogens with two attached hydrogens (primary N) is 1. The molecule has 4 rings (SSSR count). The zero-order valence-electron chi connectivity index (χ0n) is 15.6. The molecule has 3 N–H and O–H groups in total. The molecular weight excluding hydrogens is 336 g/mol. The summed E-state index contributed by atoms with van der Waals surface area (Å²) in [6.07, 6.45) is 5.61. The van der Waals surface area contributed by atoms with E-state index in [2.05, 4.69) is 28.5 Å². The summed E-state index contributed by atoms with van der Waals surface area (Å²) >= 11 is 0. The third kappa shape index (κ3) is 3.82. The summed E-state index contributed by atoms with van der Waals surface area (Å²) in [5, 5.41) is 3.26. The summed E-state index contributed by atoms with van der Waals surface area (Å²) in [7, 11) is 0. The first kappa shape index (κ1) is 17.6. The Balaban J connectivity index is 1.36. The molecule has 2 aromatic carbocycles. The maximum atomic E-state index is 12.6. The van der Waals surface area contributed by atoms with Gasteiger partial charge in [-0.1, -0.05) is 30.3 Å². The molecule has 0 unspecified atom stereocenters. The fraction of sp³-hybridized carbons (Fsp3) is 0.364. The average Bonchev–Trinajstić information content (AvgIpc) is 2.70. The number of nitrogens with zero attached hydrogens (tertiary/aromatic N) is 2. The third-order valence-corrected chi connectivity index (χ3v) is 5.50. The van der Waals surface area contributed by atoms with Crippen LogP contribution < -0.4 is 11.1 Å². The average molecular weight is 362 g/mol. The van der Waals surface area contributed by atoms with Crippen molar-refractivity contribution in [1.29, 1.82) is 0 Å². The molecule has 1 aliphatic heterocycles. The van der Waals surface area contributed by atoms with Crippen molar-refractivity contribution in [2.75, 3.05) is 25.0 Å². The second-order valence-electron chi connectivity index (χ2n) is 7.24. The maximum Gasteiger partial charge on any atom is 0.254 e. The van der Waals surface area contributed by atoms with E-state index in [1.165, 1.54) is 24.0 Å². The van der Waals surface area contributed by atoms with E-state index < -0.39 is 0 Å². The van der Waals surface area contributed by atoms with Crippen molar-refractivity contribution in [3.8, 4) is 0 Å². The van der Waals surface area contributed by atoms with Gasteiger partial charge in [0, 0.05) is 24.3 Å². The summed E-state index contributed by atoms with van der Waals surface area (Å²) in [5.41, 5.74) is 11.9. The quantitative estimate of drug-likeness (QED) is 0.649. The lowest BCUT2D eigenvalue weighted by molar-refractivity contribution is 0.0745. The number of anilines is 1. The fourth-order valence-electron chi connectivity index (χ4n) is 4.05. The van der Waals surface area contributed by atoms with Gasteiger partial charge in [0.15, 0.2) is 5.96 Å². The van der Waals surface area contributed by atoms with Crippen molar-refractivity contribution in [2.45, 2.75) is 32.1 Å². The Morgan fingerprint density at radius 3 is 2.78 bits per heavy atom. The summed E-state index contributed by atoms with van der Waals surface area (Å²) in [6, 6.07) is 14.2. The monoisotopic (exact) mass is 362 g/mol. The summed E-state index contributed by atoms with van der Waals surface area (Å²) in [5.74, 6) is 0.509. The van der Waals surface area contributed by atoms with Crippen molar-refractivity contribution in [1.82, 2.24) is 4.90 Å². The van der Waals surface area contributed by atoms with Gasteiger partial charge in [0.1, 0.15) is 0 Å². The number of guanidine groups is 1. The Hall–Kier alpha value is -2.82. The second kappa shape index (κ2) is 7.82. The van der Waals surface area contributed by atoms with Gasteiger partial charge in [0.25, 0.3) is 5.91 Å². The van der Waals surface area contributed by atoms with Gasteiger partial charge >= 0.3 is 0 Å². The molecule has 5 heteroatoms. The number of hydrogen-bond donors (Lipinski definition) is 2. The number of fused-ring (bicyclic) bond motifs is 2. The van der Waals surface area contributed by atoms with Crippen LogP contribution >= 0.6 is 0 Å². The minimum absolute atomic E-state index is 0.0932. The normalized spacial score (nSPS) is 16.7. The molecular formula is C22H26N4O. The Labute approximate surface area is 160 Å². The van der Waals surface area contributed by atoms with E-state index in [4.69, 9.17) is 5.73 Å². The van der Waals surface area contributed by atoms with Gasteiger partial charge in [0.05, 0.1) is 6.54 Å². The van der Waals surface area contributed by atoms with Crippen LogP contribution in [-0.4, -0.2) is 36.4 Å². The van der Waals surface area contributed by atoms with Crippen LogP contribution in [0.15, 0.2) is 47.5 Å². The molecule has 1 amide bonds. The minimum atomic E-state index is 0.0932. The standard InChI is InChI=1S/C22H26N4O/c23-22(25-20-11-5-8-16-6-1-3-9-18(16)20)24-13-15-26-14-12-17-7-2-4-10-19(17)21(26)27/h2,4-5,7-8,10-11H,1,3,6,9,12-15H2,(H3,23,24,25). The Bertz CT molecular complexity index is 874. The van der Waals surface area contributed by atoms with Gasteiger partial charge in [0.2, 0.25) is 0 Å². The number of benzene rings is 2. The van der Waals surface area contributed by atoms with Crippen molar-refractivity contribution < 1.29 is 4.79 Å². The number of amides is 1. The highest BCUT2D eigenvalue weighted by Crippen LogP contribution is 2.27. The van der Waals surface area contributed by atoms with Crippen molar-refractivity contribution in [2.24, 2.45) is 10.7 Å². The predicted molar refractivity (Wildman–Crippen MR) is 109 cm³/mol. The van der Waals surface area contributed by atoms with Gasteiger partial charge in [-0.3, -0.25) is 9.79 Å². The van der Waals surface area contributed by atoms with E-state index in [1.54, 1.807) is 0 Å². The zero-order chi connectivity index (χ0) is 18.6. The number of hydrogen-bond acceptors (Lipinski definition) is 2. The van der Waals surface area contributed by atoms with E-state index in [9.17, 15) is 4.79 Å². The molecule has 0 radical (unpaired) electrons. The molecule has 0 fully saturated rings.